The van der Waals surface area contributed by atoms with Crippen molar-refractivity contribution >= 4 is 5.97 Å². The zero-order chi connectivity index (χ0) is 7.56. The van der Waals surface area contributed by atoms with Crippen molar-refractivity contribution in [3.05, 3.63) is 0 Å². The summed E-state index contributed by atoms with van der Waals surface area (Å²) < 4.78 is 0. The Labute approximate surface area is 58.6 Å². The molecule has 0 bridgehead atoms. The lowest BCUT2D eigenvalue weighted by molar-refractivity contribution is -0.140. The molecule has 2 atom stereocenters. The Morgan fingerprint density at radius 1 is 1.50 bits per heavy atom. The van der Waals surface area contributed by atoms with E-state index in [1.165, 1.54) is 0 Å². The quantitative estimate of drug-likeness (QED) is 0.340. The summed E-state index contributed by atoms with van der Waals surface area (Å²) in [6, 6.07) is -0.645. The average molecular weight is 145 g/mol. The molecule has 1 saturated heterocycles. The van der Waals surface area contributed by atoms with Gasteiger partial charge in [0.2, 0.25) is 0 Å². The van der Waals surface area contributed by atoms with E-state index in [1.807, 2.05) is 0 Å². The zero-order valence-electron chi connectivity index (χ0n) is 5.50. The molecule has 1 rings (SSSR count). The molecule has 0 spiro atoms. The maximum absolute atomic E-state index is 10.4. The summed E-state index contributed by atoms with van der Waals surface area (Å²) in [6.07, 6.45) is -0.466. The largest absolute Gasteiger partial charge is 0.480 e. The molecule has 5 nitrogen and oxygen atoms in total. The van der Waals surface area contributed by atoms with E-state index in [0.29, 0.717) is 6.54 Å². The van der Waals surface area contributed by atoms with Crippen LogP contribution >= 0.6 is 0 Å². The first-order chi connectivity index (χ1) is 4.72. The van der Waals surface area contributed by atoms with Gasteiger partial charge in [0.25, 0.3) is 0 Å². The van der Waals surface area contributed by atoms with Crippen molar-refractivity contribution in [2.45, 2.75) is 12.2 Å². The number of nitrogens with one attached hydrogen (secondary N) is 2. The molecular weight excluding hydrogens is 134 g/mol. The van der Waals surface area contributed by atoms with E-state index in [9.17, 15) is 4.79 Å². The van der Waals surface area contributed by atoms with Gasteiger partial charge >= 0.3 is 5.97 Å². The molecule has 0 saturated carbocycles. The van der Waals surface area contributed by atoms with E-state index in [-0.39, 0.29) is 0 Å². The van der Waals surface area contributed by atoms with Crippen molar-refractivity contribution in [1.29, 1.82) is 0 Å². The molecule has 0 aromatic carbocycles. The van der Waals surface area contributed by atoms with Crippen molar-refractivity contribution in [3.63, 3.8) is 0 Å². The second-order valence-corrected chi connectivity index (χ2v) is 2.25. The minimum atomic E-state index is -0.903. The van der Waals surface area contributed by atoms with E-state index >= 15 is 0 Å². The van der Waals surface area contributed by atoms with Crippen LogP contribution in [0.3, 0.4) is 0 Å². The molecular formula is C5H11N3O2. The first-order valence-electron chi connectivity index (χ1n) is 3.17. The summed E-state index contributed by atoms with van der Waals surface area (Å²) in [5.41, 5.74) is 5.43. The number of carboxylic acid groups (broad SMARTS) is 1. The van der Waals surface area contributed by atoms with Gasteiger partial charge in [-0.1, -0.05) is 0 Å². The molecule has 0 amide bonds. The van der Waals surface area contributed by atoms with Crippen LogP contribution in [-0.2, 0) is 4.79 Å². The summed E-state index contributed by atoms with van der Waals surface area (Å²) >= 11 is 0. The molecule has 0 aromatic heterocycles. The Morgan fingerprint density at radius 2 is 2.10 bits per heavy atom. The first kappa shape index (κ1) is 7.46. The molecule has 5 heteroatoms. The molecule has 58 valence electrons. The Morgan fingerprint density at radius 3 is 2.50 bits per heavy atom. The van der Waals surface area contributed by atoms with Crippen molar-refractivity contribution in [3.8, 4) is 0 Å². The van der Waals surface area contributed by atoms with Crippen molar-refractivity contribution in [1.82, 2.24) is 10.6 Å². The van der Waals surface area contributed by atoms with Crippen molar-refractivity contribution in [2.24, 2.45) is 5.73 Å². The molecule has 1 heterocycles. The van der Waals surface area contributed by atoms with Gasteiger partial charge in [0.1, 0.15) is 6.04 Å². The van der Waals surface area contributed by atoms with Gasteiger partial charge in [-0.25, -0.2) is 0 Å². The fourth-order valence-electron chi connectivity index (χ4n) is 0.952. The van der Waals surface area contributed by atoms with Gasteiger partial charge in [-0.2, -0.15) is 0 Å². The van der Waals surface area contributed by atoms with E-state index in [2.05, 4.69) is 10.6 Å². The average Bonchev–Trinajstić information content (AvgIpc) is 1.88. The third kappa shape index (κ3) is 1.44. The van der Waals surface area contributed by atoms with E-state index < -0.39 is 18.2 Å². The lowest BCUT2D eigenvalue weighted by Gasteiger charge is -2.27. The number of carbonyl (C=O) groups is 1. The number of piperazine rings is 1. The van der Waals surface area contributed by atoms with Crippen LogP contribution in [0.25, 0.3) is 0 Å². The van der Waals surface area contributed by atoms with Gasteiger partial charge < -0.3 is 16.2 Å². The Balaban J connectivity index is 2.47. The maximum Gasteiger partial charge on any atom is 0.323 e. The van der Waals surface area contributed by atoms with Gasteiger partial charge in [-0.15, -0.1) is 0 Å². The van der Waals surface area contributed by atoms with Crippen LogP contribution < -0.4 is 16.4 Å². The normalized spacial score (nSPS) is 33.7. The predicted octanol–water partition coefficient (Wildman–Crippen LogP) is -2.08. The van der Waals surface area contributed by atoms with Crippen LogP contribution in [0.5, 0.6) is 0 Å². The topological polar surface area (TPSA) is 87.4 Å². The molecule has 10 heavy (non-hydrogen) atoms. The number of carboxylic acids is 1. The Bertz CT molecular complexity index is 139. The summed E-state index contributed by atoms with van der Waals surface area (Å²) in [4.78, 5) is 10.4. The van der Waals surface area contributed by atoms with Crippen LogP contribution in [-0.4, -0.2) is 36.4 Å². The fourth-order valence-corrected chi connectivity index (χ4v) is 0.952. The first-order valence-corrected chi connectivity index (χ1v) is 3.17. The van der Waals surface area contributed by atoms with E-state index in [4.69, 9.17) is 10.8 Å². The lowest BCUT2D eigenvalue weighted by Crippen LogP contribution is -2.63. The second kappa shape index (κ2) is 2.96. The number of hydrogen-bond acceptors (Lipinski definition) is 4. The predicted molar refractivity (Wildman–Crippen MR) is 35.4 cm³/mol. The Hall–Kier alpha value is -0.650. The molecule has 1 fully saturated rings. The number of aliphatic carboxylic acids is 1. The molecule has 0 aliphatic carbocycles. The minimum Gasteiger partial charge on any atom is -0.480 e. The Kier molecular flexibility index (Phi) is 2.21. The molecule has 0 radical (unpaired) electrons. The monoisotopic (exact) mass is 145 g/mol. The molecule has 1 aliphatic rings. The van der Waals surface area contributed by atoms with Crippen LogP contribution in [0, 0.1) is 0 Å². The summed E-state index contributed by atoms with van der Waals surface area (Å²) in [7, 11) is 0. The molecule has 2 unspecified atom stereocenters. The van der Waals surface area contributed by atoms with Crippen LogP contribution in [0.1, 0.15) is 0 Å². The van der Waals surface area contributed by atoms with Crippen molar-refractivity contribution < 1.29 is 9.90 Å². The highest BCUT2D eigenvalue weighted by atomic mass is 16.4. The lowest BCUT2D eigenvalue weighted by atomic mass is 10.2. The van der Waals surface area contributed by atoms with Crippen molar-refractivity contribution in [2.75, 3.05) is 13.1 Å². The highest BCUT2D eigenvalue weighted by molar-refractivity contribution is 5.74. The summed E-state index contributed by atoms with van der Waals surface area (Å²) in [5.74, 6) is -0.903. The van der Waals surface area contributed by atoms with E-state index in [1.54, 1.807) is 0 Å². The van der Waals surface area contributed by atoms with Gasteiger partial charge in [0.05, 0.1) is 6.17 Å². The number of nitrogens with two attached hydrogens (primary N) is 1. The van der Waals surface area contributed by atoms with Crippen LogP contribution in [0.15, 0.2) is 0 Å². The standard InChI is InChI=1S/C5H11N3O2/c6-4-3(5(9)10)7-1-2-8-4/h3-4,7-8H,1-2,6H2,(H,9,10). The second-order valence-electron chi connectivity index (χ2n) is 2.25. The van der Waals surface area contributed by atoms with Gasteiger partial charge in [-0.05, 0) is 0 Å². The van der Waals surface area contributed by atoms with Crippen LogP contribution in [0.4, 0.5) is 0 Å². The fraction of sp³-hybridized carbons (Fsp3) is 0.800. The van der Waals surface area contributed by atoms with E-state index in [0.717, 1.165) is 6.54 Å². The van der Waals surface area contributed by atoms with Gasteiger partial charge in [0.15, 0.2) is 0 Å². The molecule has 5 N–H and O–H groups in total. The SMILES string of the molecule is NC1NCCNC1C(=O)O. The number of rotatable bonds is 1. The third-order valence-corrected chi connectivity index (χ3v) is 1.49. The number of hydrogen-bond donors (Lipinski definition) is 4. The van der Waals surface area contributed by atoms with Crippen LogP contribution in [0.2, 0.25) is 0 Å². The smallest absolute Gasteiger partial charge is 0.323 e. The summed E-state index contributed by atoms with van der Waals surface area (Å²) in [5, 5.41) is 14.2. The highest BCUT2D eigenvalue weighted by Gasteiger charge is 2.26. The van der Waals surface area contributed by atoms with Gasteiger partial charge in [0, 0.05) is 13.1 Å². The molecule has 1 aliphatic heterocycles. The summed E-state index contributed by atoms with van der Waals surface area (Å²) in [6.45, 7) is 1.38. The minimum absolute atomic E-state index is 0.466. The third-order valence-electron chi connectivity index (χ3n) is 1.49. The maximum atomic E-state index is 10.4. The zero-order valence-corrected chi connectivity index (χ0v) is 5.50. The molecule has 0 aromatic rings. The van der Waals surface area contributed by atoms with Gasteiger partial charge in [-0.3, -0.25) is 10.1 Å². The highest BCUT2D eigenvalue weighted by Crippen LogP contribution is 1.91.